The number of hydrogen-bond acceptors (Lipinski definition) is 4. The molecule has 0 unspecified atom stereocenters. The normalized spacial score (nSPS) is 10.3. The number of rotatable bonds is 4. The van der Waals surface area contributed by atoms with Gasteiger partial charge in [0.25, 0.3) is 11.8 Å². The third-order valence-corrected chi connectivity index (χ3v) is 3.71. The summed E-state index contributed by atoms with van der Waals surface area (Å²) in [5, 5.41) is 2.57. The highest BCUT2D eigenvalue weighted by atomic mass is 16.1. The smallest absolute Gasteiger partial charge is 0.252 e. The minimum absolute atomic E-state index is 0.203. The lowest BCUT2D eigenvalue weighted by Crippen LogP contribution is -2.18. The van der Waals surface area contributed by atoms with Crippen LogP contribution in [0.5, 0.6) is 0 Å². The van der Waals surface area contributed by atoms with Gasteiger partial charge in [-0.05, 0) is 12.1 Å². The van der Waals surface area contributed by atoms with E-state index in [1.165, 1.54) is 6.20 Å². The van der Waals surface area contributed by atoms with Crippen LogP contribution in [-0.4, -0.2) is 28.8 Å². The fraction of sp³-hybridized carbons (Fsp3) is 0.0526. The molecule has 6 nitrogen and oxygen atoms in total. The van der Waals surface area contributed by atoms with Crippen molar-refractivity contribution in [2.45, 2.75) is 0 Å². The van der Waals surface area contributed by atoms with Crippen LogP contribution < -0.4 is 11.1 Å². The predicted molar refractivity (Wildman–Crippen MR) is 94.8 cm³/mol. The van der Waals surface area contributed by atoms with Gasteiger partial charge in [0.1, 0.15) is 0 Å². The number of hydrogen-bond donors (Lipinski definition) is 2. The molecular weight excluding hydrogens is 316 g/mol. The number of primary amides is 1. The number of aromatic nitrogens is 2. The number of benzene rings is 2. The van der Waals surface area contributed by atoms with Crippen molar-refractivity contribution in [3.05, 3.63) is 71.9 Å². The molecular formula is C19H16N4O2. The molecule has 0 spiro atoms. The molecule has 0 aliphatic carbocycles. The van der Waals surface area contributed by atoms with E-state index in [-0.39, 0.29) is 11.5 Å². The largest absolute Gasteiger partial charge is 0.365 e. The molecule has 0 atom stereocenters. The summed E-state index contributed by atoms with van der Waals surface area (Å²) in [4.78, 5) is 32.4. The molecule has 0 aliphatic heterocycles. The summed E-state index contributed by atoms with van der Waals surface area (Å²) in [6.07, 6.45) is 1.42. The van der Waals surface area contributed by atoms with Crippen LogP contribution >= 0.6 is 0 Å². The van der Waals surface area contributed by atoms with Crippen LogP contribution in [0, 0.1) is 0 Å². The monoisotopic (exact) mass is 332 g/mol. The van der Waals surface area contributed by atoms with E-state index in [0.29, 0.717) is 22.6 Å². The van der Waals surface area contributed by atoms with E-state index < -0.39 is 5.91 Å². The zero-order valence-corrected chi connectivity index (χ0v) is 13.6. The molecule has 3 N–H and O–H groups in total. The average molecular weight is 332 g/mol. The first-order valence-electron chi connectivity index (χ1n) is 7.65. The van der Waals surface area contributed by atoms with E-state index in [9.17, 15) is 9.59 Å². The third-order valence-electron chi connectivity index (χ3n) is 3.71. The Morgan fingerprint density at radius 3 is 2.40 bits per heavy atom. The quantitative estimate of drug-likeness (QED) is 0.765. The van der Waals surface area contributed by atoms with E-state index in [0.717, 1.165) is 5.56 Å². The lowest BCUT2D eigenvalue weighted by Gasteiger charge is -2.09. The molecule has 0 radical (unpaired) electrons. The topological polar surface area (TPSA) is 98.0 Å². The predicted octanol–water partition coefficient (Wildman–Crippen LogP) is 2.27. The second kappa shape index (κ2) is 6.92. The van der Waals surface area contributed by atoms with Crippen LogP contribution in [-0.2, 0) is 0 Å². The van der Waals surface area contributed by atoms with Gasteiger partial charge in [-0.25, -0.2) is 9.97 Å². The van der Waals surface area contributed by atoms with Gasteiger partial charge in [0.05, 0.1) is 11.3 Å². The Hall–Kier alpha value is -3.54. The van der Waals surface area contributed by atoms with Gasteiger partial charge in [-0.3, -0.25) is 9.59 Å². The van der Waals surface area contributed by atoms with Gasteiger partial charge in [0.15, 0.2) is 5.82 Å². The maximum absolute atomic E-state index is 11.9. The van der Waals surface area contributed by atoms with E-state index in [1.807, 2.05) is 30.3 Å². The molecule has 0 saturated heterocycles. The molecule has 1 heterocycles. The SMILES string of the molecule is CNC(=O)c1cccc(-c2nc(-c3ccccc3)ncc2C(N)=O)c1. The molecule has 124 valence electrons. The molecule has 2 aromatic carbocycles. The second-order valence-corrected chi connectivity index (χ2v) is 5.35. The zero-order valence-electron chi connectivity index (χ0n) is 13.6. The van der Waals surface area contributed by atoms with Crippen molar-refractivity contribution in [2.24, 2.45) is 5.73 Å². The summed E-state index contributed by atoms with van der Waals surface area (Å²) >= 11 is 0. The lowest BCUT2D eigenvalue weighted by molar-refractivity contribution is 0.0961. The number of nitrogens with two attached hydrogens (primary N) is 1. The van der Waals surface area contributed by atoms with Crippen LogP contribution in [0.2, 0.25) is 0 Å². The molecule has 1 aromatic heterocycles. The summed E-state index contributed by atoms with van der Waals surface area (Å²) < 4.78 is 0. The molecule has 0 aliphatic rings. The fourth-order valence-electron chi connectivity index (χ4n) is 2.46. The highest BCUT2D eigenvalue weighted by Crippen LogP contribution is 2.25. The number of nitrogens with zero attached hydrogens (tertiary/aromatic N) is 2. The molecule has 3 rings (SSSR count). The van der Waals surface area contributed by atoms with Gasteiger partial charge < -0.3 is 11.1 Å². The summed E-state index contributed by atoms with van der Waals surface area (Å²) in [6.45, 7) is 0. The Morgan fingerprint density at radius 1 is 1.00 bits per heavy atom. The molecule has 2 amide bonds. The number of carbonyl (C=O) groups is 2. The molecule has 0 bridgehead atoms. The van der Waals surface area contributed by atoms with E-state index >= 15 is 0 Å². The minimum atomic E-state index is -0.625. The van der Waals surface area contributed by atoms with Crippen molar-refractivity contribution in [1.82, 2.24) is 15.3 Å². The Balaban J connectivity index is 2.16. The molecule has 6 heteroatoms. The van der Waals surface area contributed by atoms with Crippen LogP contribution in [0.1, 0.15) is 20.7 Å². The van der Waals surface area contributed by atoms with Crippen LogP contribution in [0.15, 0.2) is 60.8 Å². The fourth-order valence-corrected chi connectivity index (χ4v) is 2.46. The Bertz CT molecular complexity index is 939. The first-order valence-corrected chi connectivity index (χ1v) is 7.65. The lowest BCUT2D eigenvalue weighted by atomic mass is 10.0. The molecule has 25 heavy (non-hydrogen) atoms. The minimum Gasteiger partial charge on any atom is -0.365 e. The van der Waals surface area contributed by atoms with Crippen LogP contribution in [0.25, 0.3) is 22.6 Å². The first kappa shape index (κ1) is 16.3. The van der Waals surface area contributed by atoms with Crippen molar-refractivity contribution < 1.29 is 9.59 Å². The standard InChI is InChI=1S/C19H16N4O2/c1-21-19(25)14-9-5-8-13(10-14)16-15(17(20)24)11-22-18(23-16)12-6-3-2-4-7-12/h2-11H,1H3,(H2,20,24)(H,21,25). The van der Waals surface area contributed by atoms with Gasteiger partial charge in [0.2, 0.25) is 0 Å². The highest BCUT2D eigenvalue weighted by molar-refractivity contribution is 6.00. The van der Waals surface area contributed by atoms with Gasteiger partial charge in [-0.1, -0.05) is 42.5 Å². The van der Waals surface area contributed by atoms with Gasteiger partial charge in [0, 0.05) is 29.9 Å². The molecule has 0 fully saturated rings. The number of amides is 2. The summed E-state index contributed by atoms with van der Waals surface area (Å²) in [7, 11) is 1.56. The summed E-state index contributed by atoms with van der Waals surface area (Å²) in [5.74, 6) is -0.370. The average Bonchev–Trinajstić information content (AvgIpc) is 2.67. The highest BCUT2D eigenvalue weighted by Gasteiger charge is 2.16. The molecule has 0 saturated carbocycles. The maximum atomic E-state index is 11.9. The summed E-state index contributed by atoms with van der Waals surface area (Å²) in [6, 6.07) is 16.3. The van der Waals surface area contributed by atoms with E-state index in [4.69, 9.17) is 5.73 Å². The van der Waals surface area contributed by atoms with Gasteiger partial charge >= 0.3 is 0 Å². The van der Waals surface area contributed by atoms with Crippen molar-refractivity contribution in [3.63, 3.8) is 0 Å². The Kier molecular flexibility index (Phi) is 4.52. The van der Waals surface area contributed by atoms with Crippen molar-refractivity contribution in [1.29, 1.82) is 0 Å². The maximum Gasteiger partial charge on any atom is 0.252 e. The third kappa shape index (κ3) is 3.37. The van der Waals surface area contributed by atoms with Crippen LogP contribution in [0.3, 0.4) is 0 Å². The Labute approximate surface area is 144 Å². The first-order chi connectivity index (χ1) is 12.1. The van der Waals surface area contributed by atoms with Crippen molar-refractivity contribution in [3.8, 4) is 22.6 Å². The van der Waals surface area contributed by atoms with Gasteiger partial charge in [-0.15, -0.1) is 0 Å². The number of nitrogens with one attached hydrogen (secondary N) is 1. The van der Waals surface area contributed by atoms with Crippen molar-refractivity contribution in [2.75, 3.05) is 7.05 Å². The Morgan fingerprint density at radius 2 is 1.72 bits per heavy atom. The number of carbonyl (C=O) groups excluding carboxylic acids is 2. The van der Waals surface area contributed by atoms with E-state index in [2.05, 4.69) is 15.3 Å². The zero-order chi connectivity index (χ0) is 17.8. The molecule has 3 aromatic rings. The van der Waals surface area contributed by atoms with Gasteiger partial charge in [-0.2, -0.15) is 0 Å². The second-order valence-electron chi connectivity index (χ2n) is 5.35. The van der Waals surface area contributed by atoms with Crippen LogP contribution in [0.4, 0.5) is 0 Å². The van der Waals surface area contributed by atoms with Crippen molar-refractivity contribution >= 4 is 11.8 Å². The van der Waals surface area contributed by atoms with E-state index in [1.54, 1.807) is 31.3 Å². The summed E-state index contributed by atoms with van der Waals surface area (Å²) in [5.41, 5.74) is 7.97.